The molecule has 1 amide bonds. The molecule has 0 unspecified atom stereocenters. The maximum absolute atomic E-state index is 12.6. The fraction of sp³-hybridized carbons (Fsp3) is 0.115. The van der Waals surface area contributed by atoms with Crippen LogP contribution in [-0.4, -0.2) is 20.7 Å². The van der Waals surface area contributed by atoms with Crippen molar-refractivity contribution in [2.75, 3.05) is 5.73 Å². The Labute approximate surface area is 187 Å². The summed E-state index contributed by atoms with van der Waals surface area (Å²) in [6, 6.07) is 17.2. The van der Waals surface area contributed by atoms with Crippen LogP contribution in [-0.2, 0) is 13.6 Å². The summed E-state index contributed by atoms with van der Waals surface area (Å²) >= 11 is 0. The Bertz CT molecular complexity index is 1330. The molecule has 0 saturated carbocycles. The first-order valence-electron chi connectivity index (χ1n) is 10.2. The molecule has 6 heteroatoms. The Balaban J connectivity index is 1.56. The molecule has 32 heavy (non-hydrogen) atoms. The molecule has 0 bridgehead atoms. The average molecular weight is 422 g/mol. The molecule has 4 rings (SSSR count). The van der Waals surface area contributed by atoms with Gasteiger partial charge in [0, 0.05) is 48.2 Å². The number of benzene rings is 2. The molecule has 0 atom stereocenters. The summed E-state index contributed by atoms with van der Waals surface area (Å²) in [5.74, 6) is 6.49. The Hall–Kier alpha value is -4.37. The average Bonchev–Trinajstić information content (AvgIpc) is 3.24. The van der Waals surface area contributed by atoms with Crippen LogP contribution in [0.15, 0.2) is 73.2 Å². The van der Waals surface area contributed by atoms with E-state index in [1.165, 1.54) is 0 Å². The quantitative estimate of drug-likeness (QED) is 0.492. The van der Waals surface area contributed by atoms with E-state index in [9.17, 15) is 4.79 Å². The van der Waals surface area contributed by atoms with Crippen molar-refractivity contribution in [1.29, 1.82) is 0 Å². The van der Waals surface area contributed by atoms with E-state index in [2.05, 4.69) is 27.2 Å². The minimum absolute atomic E-state index is 0.142. The maximum Gasteiger partial charge on any atom is 0.251 e. The standard InChI is InChI=1S/C26H23N5O/c1-18-8-9-22(26(32)29-14-19-6-4-3-5-7-19)12-20(18)10-11-21-13-23(15-28-25(21)27)24-16-30-31(2)17-24/h3-9,12-13,15-17H,14H2,1-2H3,(H2,27,28)(H,29,32). The van der Waals surface area contributed by atoms with Crippen molar-refractivity contribution in [3.63, 3.8) is 0 Å². The van der Waals surface area contributed by atoms with Gasteiger partial charge in [-0.3, -0.25) is 9.48 Å². The highest BCUT2D eigenvalue weighted by Crippen LogP contribution is 2.21. The maximum atomic E-state index is 12.6. The molecule has 4 aromatic rings. The van der Waals surface area contributed by atoms with E-state index < -0.39 is 0 Å². The molecule has 0 saturated heterocycles. The van der Waals surface area contributed by atoms with E-state index in [4.69, 9.17) is 5.73 Å². The third-order valence-corrected chi connectivity index (χ3v) is 5.08. The van der Waals surface area contributed by atoms with Crippen molar-refractivity contribution in [3.8, 4) is 23.0 Å². The Kier molecular flexibility index (Phi) is 6.00. The number of nitrogens with one attached hydrogen (secondary N) is 1. The van der Waals surface area contributed by atoms with Crippen molar-refractivity contribution in [1.82, 2.24) is 20.1 Å². The van der Waals surface area contributed by atoms with Crippen LogP contribution in [0.3, 0.4) is 0 Å². The third-order valence-electron chi connectivity index (χ3n) is 5.08. The second kappa shape index (κ2) is 9.19. The molecular weight excluding hydrogens is 398 g/mol. The number of nitrogen functional groups attached to an aromatic ring is 1. The first-order valence-corrected chi connectivity index (χ1v) is 10.2. The largest absolute Gasteiger partial charge is 0.383 e. The lowest BCUT2D eigenvalue weighted by atomic mass is 10.0. The number of aryl methyl sites for hydroxylation is 2. The number of rotatable bonds is 4. The van der Waals surface area contributed by atoms with Gasteiger partial charge in [-0.2, -0.15) is 5.10 Å². The van der Waals surface area contributed by atoms with Crippen LogP contribution in [0.5, 0.6) is 0 Å². The molecule has 3 N–H and O–H groups in total. The normalized spacial score (nSPS) is 10.3. The summed E-state index contributed by atoms with van der Waals surface area (Å²) in [6.07, 6.45) is 5.39. The van der Waals surface area contributed by atoms with E-state index >= 15 is 0 Å². The summed E-state index contributed by atoms with van der Waals surface area (Å²) in [7, 11) is 1.86. The molecule has 6 nitrogen and oxygen atoms in total. The lowest BCUT2D eigenvalue weighted by Crippen LogP contribution is -2.22. The SMILES string of the molecule is Cc1ccc(C(=O)NCc2ccccc2)cc1C#Cc1cc(-c2cnn(C)c2)cnc1N. The summed E-state index contributed by atoms with van der Waals surface area (Å²) in [5.41, 5.74) is 11.9. The van der Waals surface area contributed by atoms with Gasteiger partial charge in [0.1, 0.15) is 5.82 Å². The van der Waals surface area contributed by atoms with Gasteiger partial charge in [0.2, 0.25) is 0 Å². The Morgan fingerprint density at radius 3 is 2.56 bits per heavy atom. The number of pyridine rings is 1. The van der Waals surface area contributed by atoms with Crippen LogP contribution in [0.4, 0.5) is 5.82 Å². The van der Waals surface area contributed by atoms with Crippen LogP contribution in [0.2, 0.25) is 0 Å². The van der Waals surface area contributed by atoms with Gasteiger partial charge in [0.15, 0.2) is 0 Å². The van der Waals surface area contributed by atoms with Crippen molar-refractivity contribution in [2.24, 2.45) is 7.05 Å². The highest BCUT2D eigenvalue weighted by molar-refractivity contribution is 5.94. The van der Waals surface area contributed by atoms with Crippen molar-refractivity contribution in [2.45, 2.75) is 13.5 Å². The van der Waals surface area contributed by atoms with E-state index in [0.29, 0.717) is 23.5 Å². The van der Waals surface area contributed by atoms with Gasteiger partial charge in [-0.1, -0.05) is 48.2 Å². The van der Waals surface area contributed by atoms with Gasteiger partial charge in [0.05, 0.1) is 11.8 Å². The first kappa shape index (κ1) is 20.9. The predicted molar refractivity (Wildman–Crippen MR) is 126 cm³/mol. The molecule has 0 aliphatic carbocycles. The molecule has 0 spiro atoms. The van der Waals surface area contributed by atoms with Gasteiger partial charge >= 0.3 is 0 Å². The zero-order valence-corrected chi connectivity index (χ0v) is 18.0. The molecular formula is C26H23N5O. The smallest absolute Gasteiger partial charge is 0.251 e. The van der Waals surface area contributed by atoms with Crippen LogP contribution in [0.25, 0.3) is 11.1 Å². The van der Waals surface area contributed by atoms with Gasteiger partial charge in [0.25, 0.3) is 5.91 Å². The lowest BCUT2D eigenvalue weighted by molar-refractivity contribution is 0.0951. The fourth-order valence-corrected chi connectivity index (χ4v) is 3.22. The minimum atomic E-state index is -0.142. The molecule has 0 fully saturated rings. The van der Waals surface area contributed by atoms with Crippen LogP contribution < -0.4 is 11.1 Å². The molecule has 2 aromatic heterocycles. The first-order chi connectivity index (χ1) is 15.5. The van der Waals surface area contributed by atoms with Crippen molar-refractivity contribution in [3.05, 3.63) is 101 Å². The summed E-state index contributed by atoms with van der Waals surface area (Å²) < 4.78 is 1.73. The van der Waals surface area contributed by atoms with E-state index in [-0.39, 0.29) is 5.91 Å². The van der Waals surface area contributed by atoms with Crippen molar-refractivity contribution >= 4 is 11.7 Å². The van der Waals surface area contributed by atoms with Gasteiger partial charge < -0.3 is 11.1 Å². The van der Waals surface area contributed by atoms with E-state index in [0.717, 1.165) is 27.8 Å². The highest BCUT2D eigenvalue weighted by atomic mass is 16.1. The van der Waals surface area contributed by atoms with Crippen LogP contribution in [0.1, 0.15) is 32.6 Å². The van der Waals surface area contributed by atoms with E-state index in [1.54, 1.807) is 29.2 Å². The number of carbonyl (C=O) groups is 1. The summed E-state index contributed by atoms with van der Waals surface area (Å²) in [6.45, 7) is 2.43. The summed E-state index contributed by atoms with van der Waals surface area (Å²) in [5, 5.41) is 7.14. The summed E-state index contributed by atoms with van der Waals surface area (Å²) in [4.78, 5) is 16.9. The second-order valence-corrected chi connectivity index (χ2v) is 7.51. The number of amides is 1. The molecule has 0 aliphatic heterocycles. The fourth-order valence-electron chi connectivity index (χ4n) is 3.22. The zero-order chi connectivity index (χ0) is 22.5. The zero-order valence-electron chi connectivity index (χ0n) is 18.0. The molecule has 2 aromatic carbocycles. The Morgan fingerprint density at radius 2 is 1.81 bits per heavy atom. The number of nitrogens with two attached hydrogens (primary N) is 1. The second-order valence-electron chi connectivity index (χ2n) is 7.51. The number of hydrogen-bond donors (Lipinski definition) is 2. The van der Waals surface area contributed by atoms with Crippen LogP contribution >= 0.6 is 0 Å². The monoisotopic (exact) mass is 421 g/mol. The Morgan fingerprint density at radius 1 is 1.03 bits per heavy atom. The molecule has 2 heterocycles. The molecule has 0 radical (unpaired) electrons. The van der Waals surface area contributed by atoms with Crippen LogP contribution in [0, 0.1) is 18.8 Å². The number of aromatic nitrogens is 3. The number of anilines is 1. The van der Waals surface area contributed by atoms with Gasteiger partial charge in [-0.25, -0.2) is 4.98 Å². The highest BCUT2D eigenvalue weighted by Gasteiger charge is 2.08. The third kappa shape index (κ3) is 4.85. The minimum Gasteiger partial charge on any atom is -0.383 e. The topological polar surface area (TPSA) is 85.8 Å². The predicted octanol–water partition coefficient (Wildman–Crippen LogP) is 3.70. The molecule has 0 aliphatic rings. The molecule has 158 valence electrons. The van der Waals surface area contributed by atoms with E-state index in [1.807, 2.05) is 62.6 Å². The number of hydrogen-bond acceptors (Lipinski definition) is 4. The lowest BCUT2D eigenvalue weighted by Gasteiger charge is -2.07. The van der Waals surface area contributed by atoms with Crippen molar-refractivity contribution < 1.29 is 4.79 Å². The number of carbonyl (C=O) groups excluding carboxylic acids is 1. The van der Waals surface area contributed by atoms with Gasteiger partial charge in [-0.05, 0) is 36.2 Å². The van der Waals surface area contributed by atoms with Gasteiger partial charge in [-0.15, -0.1) is 0 Å². The number of nitrogens with zero attached hydrogens (tertiary/aromatic N) is 3.